The van der Waals surface area contributed by atoms with E-state index in [9.17, 15) is 0 Å². The Kier molecular flexibility index (Phi) is 4.70. The number of benzene rings is 1. The zero-order valence-electron chi connectivity index (χ0n) is 8.03. The fraction of sp³-hybridized carbons (Fsp3) is 0.182. The second-order valence-electron chi connectivity index (χ2n) is 2.83. The fourth-order valence-corrected chi connectivity index (χ4v) is 1.35. The fourth-order valence-electron chi connectivity index (χ4n) is 1.12. The molecule has 0 heterocycles. The Bertz CT molecular complexity index is 345. The summed E-state index contributed by atoms with van der Waals surface area (Å²) in [6, 6.07) is 8.00. The summed E-state index contributed by atoms with van der Waals surface area (Å²) in [4.78, 5) is 0. The van der Waals surface area contributed by atoms with Crippen molar-refractivity contribution in [2.45, 2.75) is 13.3 Å². The standard InChI is InChI=1S/C11H13NS2/c1-2-3-6-9-7-4-5-8-10(9)12-11(13)14/h3-8H,2H2,1H3,(H2,12,13,14)/b6-3+. The van der Waals surface area contributed by atoms with Gasteiger partial charge < -0.3 is 5.32 Å². The maximum atomic E-state index is 4.88. The second kappa shape index (κ2) is 5.83. The molecular formula is C11H13NS2. The Morgan fingerprint density at radius 1 is 1.50 bits per heavy atom. The van der Waals surface area contributed by atoms with Gasteiger partial charge in [-0.2, -0.15) is 0 Å². The summed E-state index contributed by atoms with van der Waals surface area (Å²) in [5, 5.41) is 3.03. The van der Waals surface area contributed by atoms with Crippen molar-refractivity contribution >= 4 is 40.9 Å². The number of anilines is 1. The largest absolute Gasteiger partial charge is 0.341 e. The van der Waals surface area contributed by atoms with Crippen molar-refractivity contribution in [3.05, 3.63) is 35.9 Å². The van der Waals surface area contributed by atoms with Crippen LogP contribution in [0.1, 0.15) is 18.9 Å². The van der Waals surface area contributed by atoms with Crippen molar-refractivity contribution in [3.63, 3.8) is 0 Å². The molecule has 1 aromatic carbocycles. The molecule has 1 N–H and O–H groups in total. The van der Waals surface area contributed by atoms with Crippen LogP contribution in [0.4, 0.5) is 5.69 Å². The van der Waals surface area contributed by atoms with E-state index in [1.54, 1.807) is 0 Å². The minimum Gasteiger partial charge on any atom is -0.341 e. The van der Waals surface area contributed by atoms with E-state index >= 15 is 0 Å². The number of nitrogens with one attached hydrogen (secondary N) is 1. The molecule has 0 radical (unpaired) electrons. The topological polar surface area (TPSA) is 12.0 Å². The van der Waals surface area contributed by atoms with Gasteiger partial charge in [-0.05, 0) is 18.1 Å². The Hall–Kier alpha value is -0.800. The summed E-state index contributed by atoms with van der Waals surface area (Å²) in [5.74, 6) is 0. The van der Waals surface area contributed by atoms with Crippen LogP contribution in [-0.2, 0) is 0 Å². The molecule has 0 fully saturated rings. The lowest BCUT2D eigenvalue weighted by atomic mass is 10.1. The van der Waals surface area contributed by atoms with Crippen LogP contribution >= 0.6 is 24.8 Å². The van der Waals surface area contributed by atoms with E-state index in [0.29, 0.717) is 4.32 Å². The third-order valence-corrected chi connectivity index (χ3v) is 1.95. The van der Waals surface area contributed by atoms with Crippen molar-refractivity contribution in [2.75, 3.05) is 5.32 Å². The molecule has 0 saturated heterocycles. The number of rotatable bonds is 3. The van der Waals surface area contributed by atoms with Gasteiger partial charge in [-0.25, -0.2) is 0 Å². The highest BCUT2D eigenvalue weighted by atomic mass is 32.1. The van der Waals surface area contributed by atoms with Crippen LogP contribution in [0.15, 0.2) is 30.3 Å². The lowest BCUT2D eigenvalue weighted by molar-refractivity contribution is 1.23. The average molecular weight is 223 g/mol. The van der Waals surface area contributed by atoms with Gasteiger partial charge in [0.1, 0.15) is 4.32 Å². The molecule has 0 aliphatic heterocycles. The Balaban J connectivity index is 2.90. The number of para-hydroxylation sites is 1. The van der Waals surface area contributed by atoms with Gasteiger partial charge in [0, 0.05) is 5.69 Å². The number of thiol groups is 1. The number of allylic oxidation sites excluding steroid dienone is 1. The second-order valence-corrected chi connectivity index (χ2v) is 3.99. The molecule has 0 amide bonds. The quantitative estimate of drug-likeness (QED) is 0.598. The van der Waals surface area contributed by atoms with E-state index in [1.165, 1.54) is 0 Å². The highest BCUT2D eigenvalue weighted by molar-refractivity contribution is 8.11. The van der Waals surface area contributed by atoms with Crippen molar-refractivity contribution in [2.24, 2.45) is 0 Å². The van der Waals surface area contributed by atoms with Gasteiger partial charge in [0.05, 0.1) is 0 Å². The summed E-state index contributed by atoms with van der Waals surface area (Å²) < 4.78 is 0.488. The molecule has 0 bridgehead atoms. The lowest BCUT2D eigenvalue weighted by Gasteiger charge is -2.06. The molecule has 3 heteroatoms. The predicted octanol–water partition coefficient (Wildman–Crippen LogP) is 3.74. The predicted molar refractivity (Wildman–Crippen MR) is 71.0 cm³/mol. The summed E-state index contributed by atoms with van der Waals surface area (Å²) in [6.07, 6.45) is 5.22. The molecule has 0 aliphatic rings. The van der Waals surface area contributed by atoms with Gasteiger partial charge in [-0.1, -0.05) is 49.5 Å². The zero-order valence-corrected chi connectivity index (χ0v) is 9.74. The van der Waals surface area contributed by atoms with Crippen LogP contribution in [0.5, 0.6) is 0 Å². The first kappa shape index (κ1) is 11.3. The summed E-state index contributed by atoms with van der Waals surface area (Å²) in [7, 11) is 0. The summed E-state index contributed by atoms with van der Waals surface area (Å²) >= 11 is 8.92. The molecule has 0 aromatic heterocycles. The average Bonchev–Trinajstić information content (AvgIpc) is 2.16. The Morgan fingerprint density at radius 2 is 2.21 bits per heavy atom. The number of hydrogen-bond acceptors (Lipinski definition) is 1. The Labute approximate surface area is 95.6 Å². The van der Waals surface area contributed by atoms with E-state index in [4.69, 9.17) is 12.2 Å². The molecular weight excluding hydrogens is 210 g/mol. The molecule has 0 spiro atoms. The molecule has 74 valence electrons. The molecule has 0 saturated carbocycles. The van der Waals surface area contributed by atoms with E-state index in [1.807, 2.05) is 24.3 Å². The SMILES string of the molecule is CC/C=C/c1ccccc1NC(=S)S. The van der Waals surface area contributed by atoms with Crippen molar-refractivity contribution < 1.29 is 0 Å². The van der Waals surface area contributed by atoms with Crippen molar-refractivity contribution in [1.29, 1.82) is 0 Å². The maximum absolute atomic E-state index is 4.88. The van der Waals surface area contributed by atoms with Gasteiger partial charge >= 0.3 is 0 Å². The van der Waals surface area contributed by atoms with Gasteiger partial charge in [-0.15, -0.1) is 12.6 Å². The maximum Gasteiger partial charge on any atom is 0.135 e. The van der Waals surface area contributed by atoms with Crippen molar-refractivity contribution in [3.8, 4) is 0 Å². The highest BCUT2D eigenvalue weighted by Crippen LogP contribution is 2.17. The number of thiocarbonyl (C=S) groups is 1. The zero-order chi connectivity index (χ0) is 10.4. The highest BCUT2D eigenvalue weighted by Gasteiger charge is 1.97. The molecule has 1 rings (SSSR count). The Morgan fingerprint density at radius 3 is 2.86 bits per heavy atom. The normalized spacial score (nSPS) is 10.4. The van der Waals surface area contributed by atoms with E-state index < -0.39 is 0 Å². The molecule has 1 nitrogen and oxygen atoms in total. The van der Waals surface area contributed by atoms with E-state index in [2.05, 4.69) is 37.0 Å². The van der Waals surface area contributed by atoms with Crippen molar-refractivity contribution in [1.82, 2.24) is 0 Å². The first-order chi connectivity index (χ1) is 6.74. The van der Waals surface area contributed by atoms with Crippen LogP contribution in [0.25, 0.3) is 6.08 Å². The van der Waals surface area contributed by atoms with Crippen LogP contribution in [0, 0.1) is 0 Å². The van der Waals surface area contributed by atoms with Gasteiger partial charge in [0.25, 0.3) is 0 Å². The van der Waals surface area contributed by atoms with Gasteiger partial charge in [-0.3, -0.25) is 0 Å². The third-order valence-electron chi connectivity index (χ3n) is 1.74. The monoisotopic (exact) mass is 223 g/mol. The summed E-state index contributed by atoms with van der Waals surface area (Å²) in [6.45, 7) is 2.11. The van der Waals surface area contributed by atoms with Gasteiger partial charge in [0.2, 0.25) is 0 Å². The van der Waals surface area contributed by atoms with Crippen LogP contribution in [0.3, 0.4) is 0 Å². The molecule has 0 aliphatic carbocycles. The van der Waals surface area contributed by atoms with Crippen LogP contribution < -0.4 is 5.32 Å². The number of hydrogen-bond donors (Lipinski definition) is 2. The molecule has 0 unspecified atom stereocenters. The van der Waals surface area contributed by atoms with E-state index in [0.717, 1.165) is 17.7 Å². The smallest absolute Gasteiger partial charge is 0.135 e. The van der Waals surface area contributed by atoms with E-state index in [-0.39, 0.29) is 0 Å². The molecule has 1 aromatic rings. The third kappa shape index (κ3) is 3.52. The summed E-state index contributed by atoms with van der Waals surface area (Å²) in [5.41, 5.74) is 2.13. The molecule has 0 atom stereocenters. The van der Waals surface area contributed by atoms with Crippen LogP contribution in [-0.4, -0.2) is 4.32 Å². The lowest BCUT2D eigenvalue weighted by Crippen LogP contribution is -2.01. The first-order valence-electron chi connectivity index (χ1n) is 4.49. The minimum atomic E-state index is 0.488. The van der Waals surface area contributed by atoms with Crippen LogP contribution in [0.2, 0.25) is 0 Å². The van der Waals surface area contributed by atoms with Gasteiger partial charge in [0.15, 0.2) is 0 Å². The first-order valence-corrected chi connectivity index (χ1v) is 5.35. The molecule has 14 heavy (non-hydrogen) atoms. The minimum absolute atomic E-state index is 0.488.